The van der Waals surface area contributed by atoms with Crippen LogP contribution in [0.15, 0.2) is 36.5 Å². The van der Waals surface area contributed by atoms with Gasteiger partial charge in [0.15, 0.2) is 18.9 Å². The molecular weight excluding hydrogens is 1230 g/mol. The molecule has 3 rings (SSSR count). The predicted molar refractivity (Wildman–Crippen MR) is 379 cm³/mol. The van der Waals surface area contributed by atoms with Gasteiger partial charge >= 0.3 is 0 Å². The SMILES string of the molecule is CCCCCCC/C=C/CC/C=C/CC/C=C/C(O)C(COC1OC(CO)C(OC2OC(CO)C(OC3OC(CO)C(O)C(O)C3O)C(O)C2O)C(O)C1O)NC(=O)CCCCCCCCCCCCCCCCCCCCCCCCCCCCCCCCCCCCCC. The Morgan fingerprint density at radius 2 is 0.667 bits per heavy atom. The molecule has 564 valence electrons. The highest BCUT2D eigenvalue weighted by atomic mass is 16.8. The molecule has 1 amide bonds. The van der Waals surface area contributed by atoms with Crippen molar-refractivity contribution in [2.45, 2.75) is 420 Å². The van der Waals surface area contributed by atoms with Gasteiger partial charge in [-0.05, 0) is 44.9 Å². The molecule has 3 fully saturated rings. The van der Waals surface area contributed by atoms with Gasteiger partial charge in [-0.1, -0.05) is 301 Å². The van der Waals surface area contributed by atoms with E-state index in [4.69, 9.17) is 28.4 Å². The van der Waals surface area contributed by atoms with Crippen molar-refractivity contribution in [3.63, 3.8) is 0 Å². The number of ether oxygens (including phenoxy) is 6. The quantitative estimate of drug-likeness (QED) is 0.0199. The molecular formula is C77H143NO18. The first-order valence-corrected chi connectivity index (χ1v) is 39.2. The fraction of sp³-hybridized carbons (Fsp3) is 0.909. The number of hydrogen-bond donors (Lipinski definition) is 12. The van der Waals surface area contributed by atoms with Crippen LogP contribution < -0.4 is 5.32 Å². The first-order valence-electron chi connectivity index (χ1n) is 39.2. The molecule has 0 bridgehead atoms. The molecule has 0 saturated carbocycles. The second kappa shape index (κ2) is 58.5. The number of aliphatic hydroxyl groups excluding tert-OH is 11. The van der Waals surface area contributed by atoms with Crippen molar-refractivity contribution in [3.05, 3.63) is 36.5 Å². The lowest BCUT2D eigenvalue weighted by atomic mass is 9.96. The van der Waals surface area contributed by atoms with Crippen molar-refractivity contribution < 1.29 is 89.4 Å². The van der Waals surface area contributed by atoms with Crippen LogP contribution in [0.3, 0.4) is 0 Å². The fourth-order valence-corrected chi connectivity index (χ4v) is 13.3. The normalized spacial score (nSPS) is 27.2. The molecule has 0 radical (unpaired) electrons. The van der Waals surface area contributed by atoms with Gasteiger partial charge in [-0.15, -0.1) is 0 Å². The van der Waals surface area contributed by atoms with Crippen LogP contribution in [0.1, 0.15) is 316 Å². The van der Waals surface area contributed by atoms with Crippen molar-refractivity contribution in [3.8, 4) is 0 Å². The van der Waals surface area contributed by atoms with E-state index < -0.39 is 124 Å². The summed E-state index contributed by atoms with van der Waals surface area (Å²) in [5.74, 6) is -0.284. The highest BCUT2D eigenvalue weighted by Gasteiger charge is 2.53. The van der Waals surface area contributed by atoms with Crippen LogP contribution in [0.25, 0.3) is 0 Å². The predicted octanol–water partition coefficient (Wildman–Crippen LogP) is 12.3. The van der Waals surface area contributed by atoms with E-state index in [-0.39, 0.29) is 18.9 Å². The number of unbranched alkanes of at least 4 members (excludes halogenated alkanes) is 42. The molecule has 12 N–H and O–H groups in total. The zero-order valence-electron chi connectivity index (χ0n) is 60.1. The van der Waals surface area contributed by atoms with Gasteiger partial charge in [0.05, 0.1) is 38.6 Å². The zero-order valence-corrected chi connectivity index (χ0v) is 60.1. The fourth-order valence-electron chi connectivity index (χ4n) is 13.3. The summed E-state index contributed by atoms with van der Waals surface area (Å²) in [5, 5.41) is 121. The third-order valence-corrected chi connectivity index (χ3v) is 19.7. The van der Waals surface area contributed by atoms with Gasteiger partial charge in [-0.3, -0.25) is 4.79 Å². The number of carbonyl (C=O) groups is 1. The summed E-state index contributed by atoms with van der Waals surface area (Å²) >= 11 is 0. The van der Waals surface area contributed by atoms with E-state index in [0.29, 0.717) is 12.8 Å². The summed E-state index contributed by atoms with van der Waals surface area (Å²) < 4.78 is 34.4. The Balaban J connectivity index is 1.32. The summed E-state index contributed by atoms with van der Waals surface area (Å²) in [6.07, 6.45) is 44.6. The van der Waals surface area contributed by atoms with Crippen LogP contribution in [0.2, 0.25) is 0 Å². The smallest absolute Gasteiger partial charge is 0.220 e. The summed E-state index contributed by atoms with van der Waals surface area (Å²) in [5.41, 5.74) is 0. The van der Waals surface area contributed by atoms with Crippen LogP contribution >= 0.6 is 0 Å². The minimum absolute atomic E-state index is 0.236. The Bertz CT molecular complexity index is 1880. The second-order valence-electron chi connectivity index (χ2n) is 28.2. The molecule has 17 atom stereocenters. The first kappa shape index (κ1) is 88.2. The van der Waals surface area contributed by atoms with Crippen LogP contribution in [-0.2, 0) is 33.2 Å². The summed E-state index contributed by atoms with van der Waals surface area (Å²) in [4.78, 5) is 13.4. The van der Waals surface area contributed by atoms with Gasteiger partial charge in [0.2, 0.25) is 5.91 Å². The van der Waals surface area contributed by atoms with Crippen molar-refractivity contribution in [1.29, 1.82) is 0 Å². The van der Waals surface area contributed by atoms with Gasteiger partial charge in [0.25, 0.3) is 0 Å². The molecule has 0 aromatic carbocycles. The van der Waals surface area contributed by atoms with Gasteiger partial charge < -0.3 is 89.9 Å². The molecule has 19 nitrogen and oxygen atoms in total. The number of amides is 1. The standard InChI is InChI=1S/C77H143NO18/c1-3-5-7-9-11-13-15-17-19-20-21-22-23-24-25-26-27-28-29-30-31-32-33-34-35-36-37-38-39-41-43-45-47-49-51-53-55-65(83)78-60(61(82)54-52-50-48-46-44-42-40-18-16-14-12-10-8-6-4-2)59-91-75-71(89)68(86)73(63(57-80)93-75)96-77-72(90)69(87)74(64(58-81)94-77)95-76-70(88)67(85)66(84)62(56-79)92-76/h16,18,44,46,52,54,60-64,66-77,79-82,84-90H,3-15,17,19-43,45,47-51,53,55-59H2,1-2H3,(H,78,83)/b18-16+,46-44+,54-52+. The third-order valence-electron chi connectivity index (χ3n) is 19.7. The number of nitrogens with one attached hydrogen (secondary N) is 1. The molecule has 96 heavy (non-hydrogen) atoms. The lowest BCUT2D eigenvalue weighted by Gasteiger charge is -2.48. The van der Waals surface area contributed by atoms with Crippen LogP contribution in [-0.4, -0.2) is 193 Å². The molecule has 19 heteroatoms. The minimum atomic E-state index is -1.98. The van der Waals surface area contributed by atoms with Gasteiger partial charge in [0.1, 0.15) is 73.2 Å². The lowest BCUT2D eigenvalue weighted by Crippen LogP contribution is -2.66. The first-order chi connectivity index (χ1) is 46.8. The summed E-state index contributed by atoms with van der Waals surface area (Å²) in [6, 6.07) is -0.994. The Morgan fingerprint density at radius 1 is 0.365 bits per heavy atom. The van der Waals surface area contributed by atoms with Crippen molar-refractivity contribution in [2.75, 3.05) is 26.4 Å². The molecule has 0 spiro atoms. The molecule has 3 aliphatic heterocycles. The van der Waals surface area contributed by atoms with E-state index in [2.05, 4.69) is 43.5 Å². The molecule has 17 unspecified atom stereocenters. The second-order valence-corrected chi connectivity index (χ2v) is 28.2. The van der Waals surface area contributed by atoms with Crippen molar-refractivity contribution >= 4 is 5.91 Å². The number of hydrogen-bond acceptors (Lipinski definition) is 18. The van der Waals surface area contributed by atoms with E-state index in [1.165, 1.54) is 238 Å². The van der Waals surface area contributed by atoms with Gasteiger partial charge in [0, 0.05) is 6.42 Å². The van der Waals surface area contributed by atoms with E-state index >= 15 is 0 Å². The largest absolute Gasteiger partial charge is 0.394 e. The Morgan fingerprint density at radius 3 is 1.04 bits per heavy atom. The summed E-state index contributed by atoms with van der Waals surface area (Å²) in [7, 11) is 0. The zero-order chi connectivity index (χ0) is 69.6. The van der Waals surface area contributed by atoms with Crippen LogP contribution in [0.5, 0.6) is 0 Å². The minimum Gasteiger partial charge on any atom is -0.394 e. The topological polar surface area (TPSA) is 307 Å². The third kappa shape index (κ3) is 38.9. The van der Waals surface area contributed by atoms with Crippen molar-refractivity contribution in [2.24, 2.45) is 0 Å². The highest BCUT2D eigenvalue weighted by molar-refractivity contribution is 5.76. The van der Waals surface area contributed by atoms with Crippen LogP contribution in [0, 0.1) is 0 Å². The molecule has 3 heterocycles. The maximum absolute atomic E-state index is 13.4. The molecule has 3 aliphatic rings. The van der Waals surface area contributed by atoms with Gasteiger partial charge in [-0.2, -0.15) is 0 Å². The molecule has 0 aromatic rings. The number of rotatable bonds is 62. The van der Waals surface area contributed by atoms with E-state index in [0.717, 1.165) is 44.9 Å². The number of aliphatic hydroxyl groups is 11. The average Bonchev–Trinajstić information content (AvgIpc) is 0.787. The Labute approximate surface area is 581 Å². The Hall–Kier alpha value is -1.99. The number of allylic oxidation sites excluding steroid dienone is 5. The Kier molecular flexibility index (Phi) is 53.8. The lowest BCUT2D eigenvalue weighted by molar-refractivity contribution is -0.379. The number of carbonyl (C=O) groups excluding carboxylic acids is 1. The van der Waals surface area contributed by atoms with E-state index in [1.807, 2.05) is 6.08 Å². The maximum atomic E-state index is 13.4. The average molecular weight is 1370 g/mol. The van der Waals surface area contributed by atoms with Crippen molar-refractivity contribution in [1.82, 2.24) is 5.32 Å². The highest BCUT2D eigenvalue weighted by Crippen LogP contribution is 2.33. The molecule has 0 aromatic heterocycles. The van der Waals surface area contributed by atoms with E-state index in [1.54, 1.807) is 6.08 Å². The monoisotopic (exact) mass is 1370 g/mol. The van der Waals surface area contributed by atoms with Crippen LogP contribution in [0.4, 0.5) is 0 Å². The molecule has 0 aliphatic carbocycles. The summed E-state index contributed by atoms with van der Waals surface area (Å²) in [6.45, 7) is 1.72. The molecule has 3 saturated heterocycles. The van der Waals surface area contributed by atoms with E-state index in [9.17, 15) is 61.0 Å². The maximum Gasteiger partial charge on any atom is 0.220 e. The van der Waals surface area contributed by atoms with Gasteiger partial charge in [-0.25, -0.2) is 0 Å².